The molecule has 28 heavy (non-hydrogen) atoms. The molecule has 0 atom stereocenters. The summed E-state index contributed by atoms with van der Waals surface area (Å²) < 4.78 is 5.94. The first-order valence-corrected chi connectivity index (χ1v) is 9.17. The van der Waals surface area contributed by atoms with E-state index in [0.717, 1.165) is 32.7 Å². The molecule has 1 radical (unpaired) electrons. The number of hydrogen-bond acceptors (Lipinski definition) is 3. The van der Waals surface area contributed by atoms with E-state index in [0.29, 0.717) is 0 Å². The van der Waals surface area contributed by atoms with Crippen molar-refractivity contribution in [2.75, 3.05) is 0 Å². The number of hydrogen-bond donors (Lipinski definition) is 0. The normalized spacial score (nSPS) is 11.9. The van der Waals surface area contributed by atoms with Gasteiger partial charge >= 0.3 is 0 Å². The lowest BCUT2D eigenvalue weighted by Crippen LogP contribution is -2.43. The highest BCUT2D eigenvalue weighted by Gasteiger charge is 2.16. The Morgan fingerprint density at radius 3 is 1.14 bits per heavy atom. The van der Waals surface area contributed by atoms with E-state index in [1.54, 1.807) is 0 Å². The molecule has 0 N–H and O–H groups in total. The highest BCUT2D eigenvalue weighted by molar-refractivity contribution is 6.56. The highest BCUT2D eigenvalue weighted by atomic mass is 15.4. The van der Waals surface area contributed by atoms with Gasteiger partial charge in [0, 0.05) is 32.7 Å². The van der Waals surface area contributed by atoms with Crippen molar-refractivity contribution in [1.29, 1.82) is 0 Å². The molecular formula is C21H15BN6-. The van der Waals surface area contributed by atoms with Gasteiger partial charge in [-0.15, -0.1) is 0 Å². The lowest BCUT2D eigenvalue weighted by atomic mass is 9.93. The SMILES string of the molecule is c1ccc2c(c1)cnn2[B-](n1ncc2ccccc21)n1ncc2ccccc21. The Kier molecular flexibility index (Phi) is 3.16. The Bertz CT molecular complexity index is 1270. The van der Waals surface area contributed by atoms with E-state index in [1.165, 1.54) is 0 Å². The van der Waals surface area contributed by atoms with Crippen LogP contribution in [0.4, 0.5) is 0 Å². The van der Waals surface area contributed by atoms with E-state index in [2.05, 4.69) is 36.4 Å². The van der Waals surface area contributed by atoms with Crippen molar-refractivity contribution in [1.82, 2.24) is 29.1 Å². The summed E-state index contributed by atoms with van der Waals surface area (Å²) in [5.41, 5.74) is 3.10. The van der Waals surface area contributed by atoms with Crippen LogP contribution in [0.3, 0.4) is 0 Å². The topological polar surface area (TPSA) is 53.5 Å². The Hall–Kier alpha value is -3.87. The third-order valence-electron chi connectivity index (χ3n) is 5.17. The zero-order valence-corrected chi connectivity index (χ0v) is 14.9. The summed E-state index contributed by atoms with van der Waals surface area (Å²) in [6, 6.07) is 24.6. The van der Waals surface area contributed by atoms with Crippen molar-refractivity contribution in [2.45, 2.75) is 0 Å². The van der Waals surface area contributed by atoms with E-state index in [-0.39, 0.29) is 7.12 Å². The van der Waals surface area contributed by atoms with E-state index in [9.17, 15) is 0 Å². The lowest BCUT2D eigenvalue weighted by Gasteiger charge is -2.32. The fourth-order valence-corrected chi connectivity index (χ4v) is 3.84. The minimum atomic E-state index is -0.361. The largest absolute Gasteiger partial charge is 0.419 e. The van der Waals surface area contributed by atoms with Crippen LogP contribution in [0.15, 0.2) is 91.4 Å². The van der Waals surface area contributed by atoms with Crippen molar-refractivity contribution >= 4 is 39.8 Å². The summed E-state index contributed by atoms with van der Waals surface area (Å²) in [6.07, 6.45) is 5.67. The number of para-hydroxylation sites is 3. The van der Waals surface area contributed by atoms with E-state index in [4.69, 9.17) is 15.3 Å². The number of fused-ring (bicyclic) bond motifs is 3. The number of aromatic nitrogens is 6. The second-order valence-electron chi connectivity index (χ2n) is 6.79. The molecule has 0 unspecified atom stereocenters. The molecular weight excluding hydrogens is 347 g/mol. The fraction of sp³-hybridized carbons (Fsp3) is 0. The Labute approximate surface area is 160 Å². The van der Waals surface area contributed by atoms with Gasteiger partial charge in [0.25, 0.3) is 7.12 Å². The van der Waals surface area contributed by atoms with Crippen molar-refractivity contribution in [3.63, 3.8) is 0 Å². The Morgan fingerprint density at radius 2 is 0.786 bits per heavy atom. The van der Waals surface area contributed by atoms with Crippen LogP contribution in [-0.4, -0.2) is 36.2 Å². The summed E-state index contributed by atoms with van der Waals surface area (Å²) >= 11 is 0. The van der Waals surface area contributed by atoms with Crippen LogP contribution in [-0.2, 0) is 0 Å². The van der Waals surface area contributed by atoms with Crippen molar-refractivity contribution in [2.24, 2.45) is 0 Å². The zero-order valence-electron chi connectivity index (χ0n) is 14.9. The lowest BCUT2D eigenvalue weighted by molar-refractivity contribution is 0.805. The third-order valence-corrected chi connectivity index (χ3v) is 5.17. The number of rotatable bonds is 3. The van der Waals surface area contributed by atoms with E-state index in [1.807, 2.05) is 68.8 Å². The van der Waals surface area contributed by atoms with Crippen LogP contribution in [0.2, 0.25) is 0 Å². The van der Waals surface area contributed by atoms with E-state index < -0.39 is 0 Å². The molecule has 0 saturated carbocycles. The van der Waals surface area contributed by atoms with E-state index >= 15 is 0 Å². The minimum absolute atomic E-state index is 0.361. The summed E-state index contributed by atoms with van der Waals surface area (Å²) in [5.74, 6) is 0. The maximum absolute atomic E-state index is 4.72. The molecule has 7 heteroatoms. The van der Waals surface area contributed by atoms with Crippen LogP contribution in [0, 0.1) is 0 Å². The predicted molar refractivity (Wildman–Crippen MR) is 111 cm³/mol. The average molecular weight is 362 g/mol. The van der Waals surface area contributed by atoms with Gasteiger partial charge in [0.15, 0.2) is 0 Å². The summed E-state index contributed by atoms with van der Waals surface area (Å²) in [7, 11) is -0.361. The molecule has 0 fully saturated rings. The van der Waals surface area contributed by atoms with Crippen molar-refractivity contribution < 1.29 is 0 Å². The Morgan fingerprint density at radius 1 is 0.464 bits per heavy atom. The molecule has 133 valence electrons. The summed E-state index contributed by atoms with van der Waals surface area (Å²) in [4.78, 5) is 0. The van der Waals surface area contributed by atoms with Crippen molar-refractivity contribution in [3.05, 3.63) is 91.4 Å². The predicted octanol–water partition coefficient (Wildman–Crippen LogP) is 3.67. The quantitative estimate of drug-likeness (QED) is 0.452. The van der Waals surface area contributed by atoms with Gasteiger partial charge in [0.05, 0.1) is 18.6 Å². The van der Waals surface area contributed by atoms with Crippen LogP contribution in [0.25, 0.3) is 32.7 Å². The minimum Gasteiger partial charge on any atom is -0.419 e. The molecule has 0 amide bonds. The molecule has 6 nitrogen and oxygen atoms in total. The molecule has 0 aliphatic rings. The standard InChI is InChI=1S/C21H15BN6/c1-4-10-19-16(7-1)13-23-26(19)22(27-20-11-5-2-8-17(20)14-24-27)28-21-12-6-3-9-18(21)15-25-28/h1-15H/q-1. The molecule has 6 aromatic rings. The number of nitrogens with zero attached hydrogens (tertiary/aromatic N) is 6. The number of benzene rings is 3. The van der Waals surface area contributed by atoms with Gasteiger partial charge in [-0.3, -0.25) is 0 Å². The Balaban J connectivity index is 1.69. The first-order chi connectivity index (χ1) is 13.9. The maximum atomic E-state index is 4.72. The molecule has 0 aliphatic carbocycles. The van der Waals surface area contributed by atoms with Gasteiger partial charge in [-0.05, 0) is 18.2 Å². The van der Waals surface area contributed by atoms with Crippen LogP contribution in [0.1, 0.15) is 0 Å². The average Bonchev–Trinajstić information content (AvgIpc) is 3.47. The van der Waals surface area contributed by atoms with Crippen molar-refractivity contribution in [3.8, 4) is 0 Å². The molecule has 3 aromatic carbocycles. The van der Waals surface area contributed by atoms with Gasteiger partial charge in [-0.2, -0.15) is 0 Å². The highest BCUT2D eigenvalue weighted by Crippen LogP contribution is 2.21. The van der Waals surface area contributed by atoms with Gasteiger partial charge < -0.3 is 13.8 Å². The zero-order chi connectivity index (χ0) is 18.5. The third kappa shape index (κ3) is 2.13. The maximum Gasteiger partial charge on any atom is 0.262 e. The molecule has 3 heterocycles. The van der Waals surface area contributed by atoms with Crippen LogP contribution in [0.5, 0.6) is 0 Å². The van der Waals surface area contributed by atoms with Crippen LogP contribution < -0.4 is 0 Å². The fourth-order valence-electron chi connectivity index (χ4n) is 3.84. The van der Waals surface area contributed by atoms with Gasteiger partial charge in [-0.1, -0.05) is 54.6 Å². The van der Waals surface area contributed by atoms with Crippen LogP contribution >= 0.6 is 0 Å². The first-order valence-electron chi connectivity index (χ1n) is 9.17. The monoisotopic (exact) mass is 362 g/mol. The summed E-state index contributed by atoms with van der Waals surface area (Å²) in [6.45, 7) is 0. The molecule has 0 aliphatic heterocycles. The van der Waals surface area contributed by atoms with Gasteiger partial charge in [0.2, 0.25) is 0 Å². The molecule has 3 aromatic heterocycles. The van der Waals surface area contributed by atoms with Gasteiger partial charge in [-0.25, -0.2) is 15.3 Å². The molecule has 0 spiro atoms. The second kappa shape index (κ2) is 5.82. The molecule has 0 bridgehead atoms. The smallest absolute Gasteiger partial charge is 0.262 e. The first kappa shape index (κ1) is 15.2. The molecule has 0 saturated heterocycles. The van der Waals surface area contributed by atoms with Gasteiger partial charge in [0.1, 0.15) is 0 Å². The summed E-state index contributed by atoms with van der Waals surface area (Å²) in [5, 5.41) is 17.4. The molecule has 6 rings (SSSR count). The second-order valence-corrected chi connectivity index (χ2v) is 6.79.